The van der Waals surface area contributed by atoms with E-state index in [1.54, 1.807) is 18.2 Å². The summed E-state index contributed by atoms with van der Waals surface area (Å²) in [4.78, 5) is 13.4. The Labute approximate surface area is 192 Å². The number of hydrogen-bond acceptors (Lipinski definition) is 10. The zero-order chi connectivity index (χ0) is 24.0. The van der Waals surface area contributed by atoms with Crippen LogP contribution in [-0.4, -0.2) is 64.8 Å². The van der Waals surface area contributed by atoms with Gasteiger partial charge < -0.3 is 43.5 Å². The SMILES string of the molecule is COc1c(-c2ccccc2)oc2c(cc(OC3OC(CO)C(O)C(O)C3O)c3occc32)c1=O. The third-order valence-electron chi connectivity index (χ3n) is 5.85. The second kappa shape index (κ2) is 8.75. The van der Waals surface area contributed by atoms with Gasteiger partial charge in [-0.3, -0.25) is 4.79 Å². The van der Waals surface area contributed by atoms with Crippen molar-refractivity contribution in [3.8, 4) is 22.8 Å². The molecule has 0 spiro atoms. The van der Waals surface area contributed by atoms with E-state index in [2.05, 4.69) is 0 Å². The van der Waals surface area contributed by atoms with E-state index in [1.807, 2.05) is 18.2 Å². The molecular formula is C24H22O10. The first-order valence-corrected chi connectivity index (χ1v) is 10.5. The molecule has 3 heterocycles. The summed E-state index contributed by atoms with van der Waals surface area (Å²) in [6.45, 7) is -0.609. The van der Waals surface area contributed by atoms with Crippen molar-refractivity contribution in [1.29, 1.82) is 0 Å². The van der Waals surface area contributed by atoms with Crippen molar-refractivity contribution in [3.05, 3.63) is 59.0 Å². The summed E-state index contributed by atoms with van der Waals surface area (Å²) in [7, 11) is 1.37. The minimum Gasteiger partial charge on any atom is -0.490 e. The third-order valence-corrected chi connectivity index (χ3v) is 5.85. The standard InChI is InChI=1S/C24H22O10/c1-30-23-16(26)13-9-14(32-24-19(29)18(28)17(27)15(10-25)33-24)22-12(7-8-31-22)21(13)34-20(23)11-5-3-2-4-6-11/h2-9,15,17-19,24-25,27-29H,10H2,1H3. The molecule has 0 bridgehead atoms. The highest BCUT2D eigenvalue weighted by Crippen LogP contribution is 2.39. The van der Waals surface area contributed by atoms with E-state index in [0.29, 0.717) is 10.9 Å². The quantitative estimate of drug-likeness (QED) is 0.337. The van der Waals surface area contributed by atoms with Gasteiger partial charge in [0.1, 0.15) is 30.0 Å². The number of ether oxygens (including phenoxy) is 3. The van der Waals surface area contributed by atoms with Gasteiger partial charge in [-0.2, -0.15) is 0 Å². The van der Waals surface area contributed by atoms with Crippen molar-refractivity contribution in [3.63, 3.8) is 0 Å². The van der Waals surface area contributed by atoms with Crippen molar-refractivity contribution >= 4 is 21.9 Å². The molecule has 4 N–H and O–H groups in total. The number of methoxy groups -OCH3 is 1. The fraction of sp³-hybridized carbons (Fsp3) is 0.292. The lowest BCUT2D eigenvalue weighted by atomic mass is 9.99. The van der Waals surface area contributed by atoms with Crippen LogP contribution in [0.3, 0.4) is 0 Å². The fourth-order valence-electron chi connectivity index (χ4n) is 4.08. The third kappa shape index (κ3) is 3.52. The molecule has 10 nitrogen and oxygen atoms in total. The first-order chi connectivity index (χ1) is 16.4. The Kier molecular flexibility index (Phi) is 5.76. The number of rotatable bonds is 5. The van der Waals surface area contributed by atoms with Gasteiger partial charge in [0, 0.05) is 5.56 Å². The molecule has 2 aromatic heterocycles. The van der Waals surface area contributed by atoms with Crippen molar-refractivity contribution in [2.75, 3.05) is 13.7 Å². The Balaban J connectivity index is 1.66. The molecule has 1 aliphatic heterocycles. The van der Waals surface area contributed by atoms with Gasteiger partial charge in [-0.15, -0.1) is 0 Å². The van der Waals surface area contributed by atoms with Gasteiger partial charge >= 0.3 is 0 Å². The van der Waals surface area contributed by atoms with Crippen LogP contribution in [-0.2, 0) is 4.74 Å². The minimum absolute atomic E-state index is 0.000310. The molecule has 178 valence electrons. The van der Waals surface area contributed by atoms with E-state index in [0.717, 1.165) is 0 Å². The van der Waals surface area contributed by atoms with Crippen molar-refractivity contribution < 1.29 is 43.5 Å². The van der Waals surface area contributed by atoms with Crippen molar-refractivity contribution in [2.45, 2.75) is 30.7 Å². The molecule has 1 aliphatic rings. The van der Waals surface area contributed by atoms with Gasteiger partial charge in [0.15, 0.2) is 17.1 Å². The molecule has 1 fully saturated rings. The maximum absolute atomic E-state index is 13.4. The highest BCUT2D eigenvalue weighted by atomic mass is 16.7. The lowest BCUT2D eigenvalue weighted by molar-refractivity contribution is -0.277. The molecule has 0 aliphatic carbocycles. The second-order valence-electron chi connectivity index (χ2n) is 7.89. The predicted molar refractivity (Wildman–Crippen MR) is 119 cm³/mol. The van der Waals surface area contributed by atoms with Crippen LogP contribution in [0, 0.1) is 0 Å². The summed E-state index contributed by atoms with van der Waals surface area (Å²) in [5, 5.41) is 40.4. The zero-order valence-electron chi connectivity index (χ0n) is 18.0. The van der Waals surface area contributed by atoms with Gasteiger partial charge in [0.25, 0.3) is 0 Å². The topological polar surface area (TPSA) is 152 Å². The molecule has 10 heteroatoms. The molecule has 1 saturated heterocycles. The van der Waals surface area contributed by atoms with Crippen LogP contribution >= 0.6 is 0 Å². The number of benzene rings is 2. The summed E-state index contributed by atoms with van der Waals surface area (Å²) >= 11 is 0. The maximum atomic E-state index is 13.4. The largest absolute Gasteiger partial charge is 0.490 e. The summed E-state index contributed by atoms with van der Waals surface area (Å²) in [5.74, 6) is 0.282. The molecule has 0 radical (unpaired) electrons. The van der Waals surface area contributed by atoms with Crippen LogP contribution in [0.4, 0.5) is 0 Å². The Hall–Kier alpha value is -3.41. The summed E-state index contributed by atoms with van der Waals surface area (Å²) in [5.41, 5.74) is 0.646. The second-order valence-corrected chi connectivity index (χ2v) is 7.89. The highest BCUT2D eigenvalue weighted by Gasteiger charge is 2.45. The van der Waals surface area contributed by atoms with Crippen LogP contribution in [0.25, 0.3) is 33.3 Å². The van der Waals surface area contributed by atoms with Crippen LogP contribution < -0.4 is 14.9 Å². The minimum atomic E-state index is -1.63. The van der Waals surface area contributed by atoms with Crippen LogP contribution in [0.2, 0.25) is 0 Å². The van der Waals surface area contributed by atoms with E-state index in [1.165, 1.54) is 19.4 Å². The smallest absolute Gasteiger partial charge is 0.235 e. The van der Waals surface area contributed by atoms with Gasteiger partial charge in [-0.05, 0) is 12.1 Å². The average molecular weight is 470 g/mol. The molecule has 0 amide bonds. The number of hydrogen-bond donors (Lipinski definition) is 4. The molecule has 5 atom stereocenters. The van der Waals surface area contributed by atoms with Gasteiger partial charge in [-0.25, -0.2) is 0 Å². The number of fused-ring (bicyclic) bond motifs is 3. The molecule has 5 rings (SSSR count). The Bertz CT molecular complexity index is 1370. The maximum Gasteiger partial charge on any atom is 0.235 e. The average Bonchev–Trinajstić information content (AvgIpc) is 3.36. The number of aliphatic hydroxyl groups excluding tert-OH is 4. The molecular weight excluding hydrogens is 448 g/mol. The van der Waals surface area contributed by atoms with Crippen LogP contribution in [0.1, 0.15) is 0 Å². The fourth-order valence-corrected chi connectivity index (χ4v) is 4.08. The van der Waals surface area contributed by atoms with Gasteiger partial charge in [-0.1, -0.05) is 30.3 Å². The van der Waals surface area contributed by atoms with Crippen LogP contribution in [0.5, 0.6) is 11.5 Å². The molecule has 5 unspecified atom stereocenters. The summed E-state index contributed by atoms with van der Waals surface area (Å²) in [6, 6.07) is 12.0. The normalized spacial score (nSPS) is 25.0. The van der Waals surface area contributed by atoms with E-state index in [4.69, 9.17) is 23.0 Å². The van der Waals surface area contributed by atoms with Gasteiger partial charge in [0.05, 0.1) is 30.8 Å². The van der Waals surface area contributed by atoms with Crippen LogP contribution in [0.15, 0.2) is 62.4 Å². The highest BCUT2D eigenvalue weighted by molar-refractivity contribution is 6.05. The van der Waals surface area contributed by atoms with E-state index >= 15 is 0 Å². The Morgan fingerprint density at radius 3 is 2.44 bits per heavy atom. The lowest BCUT2D eigenvalue weighted by Gasteiger charge is -2.39. The predicted octanol–water partition coefficient (Wildman–Crippen LogP) is 1.39. The van der Waals surface area contributed by atoms with E-state index in [-0.39, 0.29) is 33.8 Å². The lowest BCUT2D eigenvalue weighted by Crippen LogP contribution is -2.60. The van der Waals surface area contributed by atoms with E-state index < -0.39 is 42.7 Å². The molecule has 34 heavy (non-hydrogen) atoms. The molecule has 4 aromatic rings. The van der Waals surface area contributed by atoms with Crippen molar-refractivity contribution in [1.82, 2.24) is 0 Å². The first kappa shape index (κ1) is 22.4. The van der Waals surface area contributed by atoms with Gasteiger partial charge in [0.2, 0.25) is 17.5 Å². The summed E-state index contributed by atoms with van der Waals surface area (Å²) < 4.78 is 28.3. The monoisotopic (exact) mass is 470 g/mol. The molecule has 2 aromatic carbocycles. The Morgan fingerprint density at radius 1 is 0.971 bits per heavy atom. The van der Waals surface area contributed by atoms with E-state index in [9.17, 15) is 25.2 Å². The number of aliphatic hydroxyl groups is 4. The first-order valence-electron chi connectivity index (χ1n) is 10.5. The number of furan rings is 1. The zero-order valence-corrected chi connectivity index (χ0v) is 18.0. The molecule has 0 saturated carbocycles. The Morgan fingerprint density at radius 2 is 1.74 bits per heavy atom. The van der Waals surface area contributed by atoms with Crippen molar-refractivity contribution in [2.24, 2.45) is 0 Å². The summed E-state index contributed by atoms with van der Waals surface area (Å²) in [6.07, 6.45) is -6.02.